The second-order valence-corrected chi connectivity index (χ2v) is 6.81. The minimum absolute atomic E-state index is 0.0855. The van der Waals surface area contributed by atoms with Crippen molar-refractivity contribution in [2.75, 3.05) is 19.8 Å². The van der Waals surface area contributed by atoms with Crippen molar-refractivity contribution in [2.24, 2.45) is 5.92 Å². The van der Waals surface area contributed by atoms with Gasteiger partial charge in [-0.25, -0.2) is 9.67 Å². The van der Waals surface area contributed by atoms with E-state index >= 15 is 0 Å². The molecule has 0 aliphatic rings. The summed E-state index contributed by atoms with van der Waals surface area (Å²) in [6.45, 7) is 12.2. The van der Waals surface area contributed by atoms with Crippen molar-refractivity contribution < 1.29 is 9.53 Å². The third kappa shape index (κ3) is 4.54. The van der Waals surface area contributed by atoms with Gasteiger partial charge >= 0.3 is 0 Å². The number of carbonyl (C=O) groups is 1. The van der Waals surface area contributed by atoms with Crippen LogP contribution >= 0.6 is 0 Å². The molecule has 24 heavy (non-hydrogen) atoms. The highest BCUT2D eigenvalue weighted by molar-refractivity contribution is 6.05. The van der Waals surface area contributed by atoms with E-state index in [-0.39, 0.29) is 11.9 Å². The zero-order valence-electron chi connectivity index (χ0n) is 15.3. The van der Waals surface area contributed by atoms with Crippen molar-refractivity contribution in [3.8, 4) is 0 Å². The summed E-state index contributed by atoms with van der Waals surface area (Å²) < 4.78 is 7.37. The van der Waals surface area contributed by atoms with Crippen molar-refractivity contribution >= 4 is 16.9 Å². The normalized spacial score (nSPS) is 11.6. The minimum atomic E-state index is -0.0855. The molecule has 2 aromatic rings. The summed E-state index contributed by atoms with van der Waals surface area (Å²) in [5.41, 5.74) is 2.21. The summed E-state index contributed by atoms with van der Waals surface area (Å²) in [7, 11) is 0. The molecule has 0 fully saturated rings. The second-order valence-electron chi connectivity index (χ2n) is 6.81. The molecular formula is C18H28N4O2. The smallest absolute Gasteiger partial charge is 0.252 e. The van der Waals surface area contributed by atoms with Crippen LogP contribution in [0.25, 0.3) is 11.0 Å². The molecule has 0 unspecified atom stereocenters. The van der Waals surface area contributed by atoms with E-state index in [1.165, 1.54) is 0 Å². The van der Waals surface area contributed by atoms with Crippen LogP contribution in [0, 0.1) is 12.8 Å². The summed E-state index contributed by atoms with van der Waals surface area (Å²) in [6.07, 6.45) is 2.53. The molecule has 2 heterocycles. The fourth-order valence-electron chi connectivity index (χ4n) is 2.50. The van der Waals surface area contributed by atoms with Crippen molar-refractivity contribution in [3.05, 3.63) is 23.5 Å². The average molecular weight is 332 g/mol. The fourth-order valence-corrected chi connectivity index (χ4v) is 2.50. The van der Waals surface area contributed by atoms with Crippen LogP contribution in [0.4, 0.5) is 0 Å². The molecule has 1 N–H and O–H groups in total. The van der Waals surface area contributed by atoms with Gasteiger partial charge in [-0.1, -0.05) is 13.8 Å². The first-order chi connectivity index (χ1) is 11.4. The molecule has 0 saturated carbocycles. The predicted molar refractivity (Wildman–Crippen MR) is 95.3 cm³/mol. The van der Waals surface area contributed by atoms with E-state index in [1.807, 2.05) is 31.5 Å². The molecule has 6 nitrogen and oxygen atoms in total. The van der Waals surface area contributed by atoms with Crippen molar-refractivity contribution in [2.45, 2.75) is 47.1 Å². The lowest BCUT2D eigenvalue weighted by atomic mass is 10.1. The molecule has 0 atom stereocenters. The van der Waals surface area contributed by atoms with Crippen LogP contribution in [-0.2, 0) is 4.74 Å². The SMILES string of the molecule is Cc1cc(C(=O)NCCCOCC(C)C)c2cnn(C(C)C)c2n1. The third-order valence-corrected chi connectivity index (χ3v) is 3.63. The molecule has 0 bridgehead atoms. The highest BCUT2D eigenvalue weighted by Crippen LogP contribution is 2.20. The zero-order valence-corrected chi connectivity index (χ0v) is 15.3. The molecule has 2 aromatic heterocycles. The topological polar surface area (TPSA) is 69.0 Å². The summed E-state index contributed by atoms with van der Waals surface area (Å²) in [6, 6.07) is 2.02. The van der Waals surface area contributed by atoms with E-state index < -0.39 is 0 Å². The second kappa shape index (κ2) is 8.24. The van der Waals surface area contributed by atoms with Crippen LogP contribution in [0.3, 0.4) is 0 Å². The molecule has 132 valence electrons. The van der Waals surface area contributed by atoms with E-state index in [0.29, 0.717) is 24.6 Å². The Morgan fingerprint density at radius 3 is 2.75 bits per heavy atom. The van der Waals surface area contributed by atoms with E-state index in [0.717, 1.165) is 29.8 Å². The van der Waals surface area contributed by atoms with Gasteiger partial charge in [-0.2, -0.15) is 5.10 Å². The Morgan fingerprint density at radius 2 is 2.08 bits per heavy atom. The molecule has 0 aliphatic heterocycles. The summed E-state index contributed by atoms with van der Waals surface area (Å²) >= 11 is 0. The Hall–Kier alpha value is -1.95. The molecule has 0 radical (unpaired) electrons. The molecular weight excluding hydrogens is 304 g/mol. The monoisotopic (exact) mass is 332 g/mol. The number of hydrogen-bond acceptors (Lipinski definition) is 4. The number of aryl methyl sites for hydroxylation is 1. The average Bonchev–Trinajstić information content (AvgIpc) is 2.93. The molecule has 0 saturated heterocycles. The number of fused-ring (bicyclic) bond motifs is 1. The number of amides is 1. The van der Waals surface area contributed by atoms with Gasteiger partial charge < -0.3 is 10.1 Å². The van der Waals surface area contributed by atoms with Crippen molar-refractivity contribution in [1.29, 1.82) is 0 Å². The minimum Gasteiger partial charge on any atom is -0.381 e. The number of ether oxygens (including phenoxy) is 1. The number of hydrogen-bond donors (Lipinski definition) is 1. The van der Waals surface area contributed by atoms with Crippen LogP contribution in [0.15, 0.2) is 12.3 Å². The summed E-state index contributed by atoms with van der Waals surface area (Å²) in [5.74, 6) is 0.447. The van der Waals surface area contributed by atoms with Crippen LogP contribution in [0.2, 0.25) is 0 Å². The lowest BCUT2D eigenvalue weighted by Crippen LogP contribution is -2.25. The van der Waals surface area contributed by atoms with Gasteiger partial charge in [0.1, 0.15) is 0 Å². The number of rotatable bonds is 8. The summed E-state index contributed by atoms with van der Waals surface area (Å²) in [5, 5.41) is 8.13. The number of nitrogens with zero attached hydrogens (tertiary/aromatic N) is 3. The highest BCUT2D eigenvalue weighted by atomic mass is 16.5. The van der Waals surface area contributed by atoms with Gasteiger partial charge in [-0.15, -0.1) is 0 Å². The lowest BCUT2D eigenvalue weighted by molar-refractivity contribution is 0.0926. The highest BCUT2D eigenvalue weighted by Gasteiger charge is 2.16. The van der Waals surface area contributed by atoms with E-state index in [4.69, 9.17) is 4.74 Å². The lowest BCUT2D eigenvalue weighted by Gasteiger charge is -2.10. The molecule has 2 rings (SSSR count). The van der Waals surface area contributed by atoms with Crippen LogP contribution < -0.4 is 5.32 Å². The van der Waals surface area contributed by atoms with E-state index in [2.05, 4.69) is 29.2 Å². The Kier molecular flexibility index (Phi) is 6.31. The Labute approximate surface area is 143 Å². The quantitative estimate of drug-likeness (QED) is 0.754. The van der Waals surface area contributed by atoms with Crippen LogP contribution in [-0.4, -0.2) is 40.4 Å². The van der Waals surface area contributed by atoms with Gasteiger partial charge in [0.05, 0.1) is 17.1 Å². The number of pyridine rings is 1. The first kappa shape index (κ1) is 18.4. The zero-order chi connectivity index (χ0) is 17.7. The largest absolute Gasteiger partial charge is 0.381 e. The first-order valence-corrected chi connectivity index (χ1v) is 8.61. The Balaban J connectivity index is 2.02. The molecule has 6 heteroatoms. The van der Waals surface area contributed by atoms with Gasteiger partial charge in [-0.05, 0) is 39.2 Å². The number of carbonyl (C=O) groups excluding carboxylic acids is 1. The van der Waals surface area contributed by atoms with E-state index in [1.54, 1.807) is 6.20 Å². The standard InChI is InChI=1S/C18H28N4O2/c1-12(2)11-24-8-6-7-19-18(23)15-9-14(5)21-17-16(15)10-20-22(17)13(3)4/h9-10,12-13H,6-8,11H2,1-5H3,(H,19,23). The summed E-state index contributed by atoms with van der Waals surface area (Å²) in [4.78, 5) is 17.1. The maximum atomic E-state index is 12.5. The fraction of sp³-hybridized carbons (Fsp3) is 0.611. The van der Waals surface area contributed by atoms with Crippen LogP contribution in [0.5, 0.6) is 0 Å². The van der Waals surface area contributed by atoms with Gasteiger partial charge in [0.2, 0.25) is 0 Å². The Bertz CT molecular complexity index is 692. The van der Waals surface area contributed by atoms with Crippen LogP contribution in [0.1, 0.15) is 56.2 Å². The number of nitrogens with one attached hydrogen (secondary N) is 1. The Morgan fingerprint density at radius 1 is 1.33 bits per heavy atom. The molecule has 0 spiro atoms. The van der Waals surface area contributed by atoms with Crippen molar-refractivity contribution in [3.63, 3.8) is 0 Å². The van der Waals surface area contributed by atoms with Gasteiger partial charge in [0.15, 0.2) is 5.65 Å². The molecule has 0 aliphatic carbocycles. The van der Waals surface area contributed by atoms with Crippen molar-refractivity contribution in [1.82, 2.24) is 20.1 Å². The number of aromatic nitrogens is 3. The maximum absolute atomic E-state index is 12.5. The third-order valence-electron chi connectivity index (χ3n) is 3.63. The maximum Gasteiger partial charge on any atom is 0.252 e. The van der Waals surface area contributed by atoms with Gasteiger partial charge in [0, 0.05) is 31.5 Å². The van der Waals surface area contributed by atoms with E-state index in [9.17, 15) is 4.79 Å². The van der Waals surface area contributed by atoms with Gasteiger partial charge in [0.25, 0.3) is 5.91 Å². The molecule has 1 amide bonds. The molecule has 0 aromatic carbocycles. The predicted octanol–water partition coefficient (Wildman–Crippen LogP) is 3.11. The first-order valence-electron chi connectivity index (χ1n) is 8.61. The van der Waals surface area contributed by atoms with Gasteiger partial charge in [-0.3, -0.25) is 4.79 Å².